The van der Waals surface area contributed by atoms with E-state index in [0.29, 0.717) is 5.92 Å². The lowest BCUT2D eigenvalue weighted by molar-refractivity contribution is -0.116. The van der Waals surface area contributed by atoms with E-state index in [1.165, 1.54) is 18.4 Å². The molecule has 0 saturated heterocycles. The SMILES string of the molecule is CC(C)CNC(=O)/C=C/C=C/CCCCc1ccccc1. The van der Waals surface area contributed by atoms with Crippen LogP contribution in [0.15, 0.2) is 54.6 Å². The van der Waals surface area contributed by atoms with E-state index < -0.39 is 0 Å². The van der Waals surface area contributed by atoms with E-state index in [9.17, 15) is 4.79 Å². The second-order valence-corrected chi connectivity index (χ2v) is 5.66. The second kappa shape index (κ2) is 10.9. The van der Waals surface area contributed by atoms with Crippen molar-refractivity contribution in [2.75, 3.05) is 6.54 Å². The van der Waals surface area contributed by atoms with Crippen LogP contribution in [-0.4, -0.2) is 12.5 Å². The fraction of sp³-hybridized carbons (Fsp3) is 0.421. The number of amides is 1. The smallest absolute Gasteiger partial charge is 0.243 e. The highest BCUT2D eigenvalue weighted by Gasteiger charge is 1.95. The molecule has 0 aliphatic carbocycles. The number of carbonyl (C=O) groups is 1. The van der Waals surface area contributed by atoms with Crippen LogP contribution in [0.1, 0.15) is 38.7 Å². The van der Waals surface area contributed by atoms with Crippen molar-refractivity contribution in [1.82, 2.24) is 5.32 Å². The summed E-state index contributed by atoms with van der Waals surface area (Å²) in [6.07, 6.45) is 12.1. The zero-order chi connectivity index (χ0) is 15.3. The summed E-state index contributed by atoms with van der Waals surface area (Å²) < 4.78 is 0. The third-order valence-electron chi connectivity index (χ3n) is 3.11. The summed E-state index contributed by atoms with van der Waals surface area (Å²) in [7, 11) is 0. The average Bonchev–Trinajstić information content (AvgIpc) is 2.49. The van der Waals surface area contributed by atoms with Gasteiger partial charge in [0.1, 0.15) is 0 Å². The Hall–Kier alpha value is -1.83. The molecule has 0 aliphatic rings. The first-order chi connectivity index (χ1) is 10.2. The monoisotopic (exact) mass is 285 g/mol. The van der Waals surface area contributed by atoms with Gasteiger partial charge in [0, 0.05) is 12.6 Å². The van der Waals surface area contributed by atoms with Crippen LogP contribution in [0.2, 0.25) is 0 Å². The highest BCUT2D eigenvalue weighted by molar-refractivity contribution is 5.87. The van der Waals surface area contributed by atoms with Gasteiger partial charge >= 0.3 is 0 Å². The molecule has 1 N–H and O–H groups in total. The van der Waals surface area contributed by atoms with Crippen molar-refractivity contribution < 1.29 is 4.79 Å². The van der Waals surface area contributed by atoms with E-state index in [1.807, 2.05) is 12.2 Å². The Morgan fingerprint density at radius 1 is 1.14 bits per heavy atom. The number of rotatable bonds is 9. The summed E-state index contributed by atoms with van der Waals surface area (Å²) in [5.41, 5.74) is 1.41. The van der Waals surface area contributed by atoms with Crippen LogP contribution in [0.4, 0.5) is 0 Å². The highest BCUT2D eigenvalue weighted by atomic mass is 16.1. The Morgan fingerprint density at radius 3 is 2.62 bits per heavy atom. The molecule has 0 saturated carbocycles. The lowest BCUT2D eigenvalue weighted by Crippen LogP contribution is -2.25. The van der Waals surface area contributed by atoms with Crippen molar-refractivity contribution in [3.8, 4) is 0 Å². The first kappa shape index (κ1) is 17.2. The minimum Gasteiger partial charge on any atom is -0.352 e. The maximum absolute atomic E-state index is 11.4. The first-order valence-corrected chi connectivity index (χ1v) is 7.83. The number of hydrogen-bond donors (Lipinski definition) is 1. The Morgan fingerprint density at radius 2 is 1.90 bits per heavy atom. The Bertz CT molecular complexity index is 446. The third kappa shape index (κ3) is 9.67. The fourth-order valence-corrected chi connectivity index (χ4v) is 1.92. The van der Waals surface area contributed by atoms with E-state index in [1.54, 1.807) is 6.08 Å². The molecule has 0 bridgehead atoms. The molecule has 0 aliphatic heterocycles. The number of benzene rings is 1. The van der Waals surface area contributed by atoms with Gasteiger partial charge in [-0.1, -0.05) is 62.4 Å². The number of allylic oxidation sites excluding steroid dienone is 3. The maximum atomic E-state index is 11.4. The standard InChI is InChI=1S/C19H27NO/c1-17(2)16-20-19(21)15-11-6-4-3-5-8-12-18-13-9-7-10-14-18/h4,6-7,9-11,13-15,17H,3,5,8,12,16H2,1-2H3,(H,20,21)/b6-4+,15-11+. The molecule has 114 valence electrons. The molecule has 0 heterocycles. The minimum absolute atomic E-state index is 0.0163. The quantitative estimate of drug-likeness (QED) is 0.409. The summed E-state index contributed by atoms with van der Waals surface area (Å²) in [6.45, 7) is 4.89. The zero-order valence-corrected chi connectivity index (χ0v) is 13.2. The van der Waals surface area contributed by atoms with E-state index in [0.717, 1.165) is 19.4 Å². The van der Waals surface area contributed by atoms with Gasteiger partial charge < -0.3 is 5.32 Å². The summed E-state index contributed by atoms with van der Waals surface area (Å²) >= 11 is 0. The maximum Gasteiger partial charge on any atom is 0.243 e. The molecule has 0 spiro atoms. The number of carbonyl (C=O) groups excluding carboxylic acids is 1. The Labute approximate surface area is 129 Å². The highest BCUT2D eigenvalue weighted by Crippen LogP contribution is 2.06. The molecule has 0 unspecified atom stereocenters. The largest absolute Gasteiger partial charge is 0.352 e. The number of nitrogens with one attached hydrogen (secondary N) is 1. The molecule has 0 radical (unpaired) electrons. The van der Waals surface area contributed by atoms with Gasteiger partial charge in [-0.25, -0.2) is 0 Å². The molecule has 2 heteroatoms. The van der Waals surface area contributed by atoms with E-state index in [2.05, 4.69) is 55.6 Å². The molecule has 1 aromatic carbocycles. The fourth-order valence-electron chi connectivity index (χ4n) is 1.92. The van der Waals surface area contributed by atoms with E-state index >= 15 is 0 Å². The normalized spacial score (nSPS) is 11.6. The van der Waals surface area contributed by atoms with Crippen molar-refractivity contribution in [3.63, 3.8) is 0 Å². The van der Waals surface area contributed by atoms with Gasteiger partial charge in [0.2, 0.25) is 5.91 Å². The van der Waals surface area contributed by atoms with Crippen LogP contribution < -0.4 is 5.32 Å². The van der Waals surface area contributed by atoms with Gasteiger partial charge in [-0.15, -0.1) is 0 Å². The van der Waals surface area contributed by atoms with E-state index in [4.69, 9.17) is 0 Å². The molecule has 0 atom stereocenters. The predicted molar refractivity (Wildman–Crippen MR) is 90.1 cm³/mol. The van der Waals surface area contributed by atoms with Gasteiger partial charge in [0.25, 0.3) is 0 Å². The van der Waals surface area contributed by atoms with Crippen LogP contribution in [0, 0.1) is 5.92 Å². The zero-order valence-electron chi connectivity index (χ0n) is 13.2. The Kier molecular flexibility index (Phi) is 8.94. The van der Waals surface area contributed by atoms with Crippen LogP contribution in [0.3, 0.4) is 0 Å². The van der Waals surface area contributed by atoms with Crippen LogP contribution >= 0.6 is 0 Å². The lowest BCUT2D eigenvalue weighted by Gasteiger charge is -2.03. The number of unbranched alkanes of at least 4 members (excludes halogenated alkanes) is 2. The van der Waals surface area contributed by atoms with Gasteiger partial charge in [-0.05, 0) is 37.2 Å². The summed E-state index contributed by atoms with van der Waals surface area (Å²) in [5.74, 6) is 0.472. The van der Waals surface area contributed by atoms with Crippen molar-refractivity contribution in [2.24, 2.45) is 5.92 Å². The molecule has 1 amide bonds. The second-order valence-electron chi connectivity index (χ2n) is 5.66. The van der Waals surface area contributed by atoms with Gasteiger partial charge in [-0.2, -0.15) is 0 Å². The van der Waals surface area contributed by atoms with Crippen molar-refractivity contribution in [1.29, 1.82) is 0 Å². The molecule has 2 nitrogen and oxygen atoms in total. The topological polar surface area (TPSA) is 29.1 Å². The van der Waals surface area contributed by atoms with Crippen LogP contribution in [-0.2, 0) is 11.2 Å². The summed E-state index contributed by atoms with van der Waals surface area (Å²) in [6, 6.07) is 10.6. The first-order valence-electron chi connectivity index (χ1n) is 7.83. The molecular formula is C19H27NO. The Balaban J connectivity index is 2.05. The van der Waals surface area contributed by atoms with Gasteiger partial charge in [-0.3, -0.25) is 4.79 Å². The van der Waals surface area contributed by atoms with Gasteiger partial charge in [0.15, 0.2) is 0 Å². The van der Waals surface area contributed by atoms with Crippen molar-refractivity contribution in [3.05, 3.63) is 60.2 Å². The molecule has 0 aromatic heterocycles. The molecular weight excluding hydrogens is 258 g/mol. The number of aryl methyl sites for hydroxylation is 1. The van der Waals surface area contributed by atoms with Crippen LogP contribution in [0.25, 0.3) is 0 Å². The molecule has 1 aromatic rings. The third-order valence-corrected chi connectivity index (χ3v) is 3.11. The predicted octanol–water partition coefficient (Wildman–Crippen LogP) is 4.28. The van der Waals surface area contributed by atoms with Gasteiger partial charge in [0.05, 0.1) is 0 Å². The summed E-state index contributed by atoms with van der Waals surface area (Å²) in [4.78, 5) is 11.4. The van der Waals surface area contributed by atoms with Crippen molar-refractivity contribution in [2.45, 2.75) is 39.5 Å². The summed E-state index contributed by atoms with van der Waals surface area (Å²) in [5, 5.41) is 2.85. The molecule has 0 fully saturated rings. The number of hydrogen-bond acceptors (Lipinski definition) is 1. The lowest BCUT2D eigenvalue weighted by atomic mass is 10.1. The van der Waals surface area contributed by atoms with Crippen LogP contribution in [0.5, 0.6) is 0 Å². The van der Waals surface area contributed by atoms with Crippen molar-refractivity contribution >= 4 is 5.91 Å². The minimum atomic E-state index is -0.0163. The van der Waals surface area contributed by atoms with E-state index in [-0.39, 0.29) is 5.91 Å². The average molecular weight is 285 g/mol. The molecule has 1 rings (SSSR count). The molecule has 21 heavy (non-hydrogen) atoms.